The molecule has 0 heterocycles. The molecule has 19 heteroatoms. The maximum Gasteiger partial charge on any atom is 0.472 e. The summed E-state index contributed by atoms with van der Waals surface area (Å²) in [4.78, 5) is 73.1. The second-order valence-corrected chi connectivity index (χ2v) is 34.2. The topological polar surface area (TPSA) is 237 Å². The molecule has 0 rings (SSSR count). The van der Waals surface area contributed by atoms with Gasteiger partial charge in [-0.05, 0) is 37.5 Å². The van der Waals surface area contributed by atoms with E-state index in [1.165, 1.54) is 263 Å². The third kappa shape index (κ3) is 76.8. The Morgan fingerprint density at radius 1 is 0.279 bits per heavy atom. The Balaban J connectivity index is 5.21. The van der Waals surface area contributed by atoms with Crippen LogP contribution in [-0.2, 0) is 65.4 Å². The maximum atomic E-state index is 13.1. The number of carbonyl (C=O) groups is 4. The quantitative estimate of drug-likeness (QED) is 0.0222. The number of aliphatic hydroxyl groups excluding tert-OH is 1. The molecule has 618 valence electrons. The molecule has 0 fully saturated rings. The van der Waals surface area contributed by atoms with Crippen LogP contribution in [0.4, 0.5) is 0 Å². The van der Waals surface area contributed by atoms with E-state index in [9.17, 15) is 43.2 Å². The van der Waals surface area contributed by atoms with E-state index in [2.05, 4.69) is 41.5 Å². The molecule has 0 aliphatic carbocycles. The summed E-state index contributed by atoms with van der Waals surface area (Å²) < 4.78 is 68.8. The minimum Gasteiger partial charge on any atom is -0.462 e. The highest BCUT2D eigenvalue weighted by Gasteiger charge is 2.30. The van der Waals surface area contributed by atoms with E-state index in [1.54, 1.807) is 0 Å². The summed E-state index contributed by atoms with van der Waals surface area (Å²) in [5.41, 5.74) is 0. The summed E-state index contributed by atoms with van der Waals surface area (Å²) in [6, 6.07) is 0. The summed E-state index contributed by atoms with van der Waals surface area (Å²) in [6.07, 6.45) is 68.3. The second kappa shape index (κ2) is 76.4. The number of unbranched alkanes of at least 4 members (excludes halogenated alkanes) is 53. The summed E-state index contributed by atoms with van der Waals surface area (Å²) in [6.45, 7) is 9.60. The lowest BCUT2D eigenvalue weighted by atomic mass is 10.00. The van der Waals surface area contributed by atoms with E-state index in [0.717, 1.165) is 108 Å². The van der Waals surface area contributed by atoms with Crippen LogP contribution in [0.3, 0.4) is 0 Å². The van der Waals surface area contributed by atoms with Crippen LogP contribution in [0.2, 0.25) is 0 Å². The predicted octanol–water partition coefficient (Wildman–Crippen LogP) is 25.8. The van der Waals surface area contributed by atoms with Crippen molar-refractivity contribution >= 4 is 39.5 Å². The molecular formula is C85H166O17P2. The van der Waals surface area contributed by atoms with Gasteiger partial charge in [-0.25, -0.2) is 9.13 Å². The molecule has 0 radical (unpaired) electrons. The van der Waals surface area contributed by atoms with Gasteiger partial charge in [0.1, 0.15) is 19.3 Å². The molecular weight excluding hydrogens is 1350 g/mol. The first-order valence-electron chi connectivity index (χ1n) is 44.0. The fourth-order valence-electron chi connectivity index (χ4n) is 13.2. The lowest BCUT2D eigenvalue weighted by Gasteiger charge is -2.21. The zero-order valence-corrected chi connectivity index (χ0v) is 70.1. The Morgan fingerprint density at radius 3 is 0.731 bits per heavy atom. The van der Waals surface area contributed by atoms with Crippen LogP contribution in [0.5, 0.6) is 0 Å². The predicted molar refractivity (Wildman–Crippen MR) is 428 cm³/mol. The monoisotopic (exact) mass is 1520 g/mol. The highest BCUT2D eigenvalue weighted by atomic mass is 31.2. The van der Waals surface area contributed by atoms with Gasteiger partial charge in [0.2, 0.25) is 0 Å². The van der Waals surface area contributed by atoms with Gasteiger partial charge in [-0.2, -0.15) is 0 Å². The number of hydrogen-bond acceptors (Lipinski definition) is 15. The molecule has 17 nitrogen and oxygen atoms in total. The van der Waals surface area contributed by atoms with Crippen LogP contribution in [0.25, 0.3) is 0 Å². The van der Waals surface area contributed by atoms with Crippen molar-refractivity contribution in [3.8, 4) is 0 Å². The smallest absolute Gasteiger partial charge is 0.462 e. The molecule has 0 aromatic carbocycles. The number of phosphoric acid groups is 2. The number of carbonyl (C=O) groups excluding carboxylic acids is 4. The molecule has 0 aliphatic heterocycles. The van der Waals surface area contributed by atoms with E-state index in [0.29, 0.717) is 25.7 Å². The number of hydrogen-bond donors (Lipinski definition) is 3. The third-order valence-corrected chi connectivity index (χ3v) is 22.2. The minimum atomic E-state index is -4.97. The van der Waals surface area contributed by atoms with Crippen LogP contribution >= 0.6 is 15.6 Å². The van der Waals surface area contributed by atoms with Crippen molar-refractivity contribution < 1.29 is 80.2 Å². The minimum absolute atomic E-state index is 0.105. The zero-order valence-electron chi connectivity index (χ0n) is 68.3. The van der Waals surface area contributed by atoms with E-state index >= 15 is 0 Å². The largest absolute Gasteiger partial charge is 0.472 e. The lowest BCUT2D eigenvalue weighted by Crippen LogP contribution is -2.30. The molecule has 0 bridgehead atoms. The van der Waals surface area contributed by atoms with Gasteiger partial charge in [-0.15, -0.1) is 0 Å². The van der Waals surface area contributed by atoms with Crippen molar-refractivity contribution in [1.29, 1.82) is 0 Å². The summed E-state index contributed by atoms with van der Waals surface area (Å²) in [5, 5.41) is 10.7. The summed E-state index contributed by atoms with van der Waals surface area (Å²) >= 11 is 0. The average Bonchev–Trinajstić information content (AvgIpc) is 0.973. The van der Waals surface area contributed by atoms with E-state index in [1.807, 2.05) is 0 Å². The van der Waals surface area contributed by atoms with E-state index in [-0.39, 0.29) is 25.7 Å². The molecule has 6 atom stereocenters. The lowest BCUT2D eigenvalue weighted by molar-refractivity contribution is -0.161. The third-order valence-electron chi connectivity index (χ3n) is 20.3. The standard InChI is InChI=1S/C85H166O17P2/c1-7-10-12-14-16-18-20-22-24-26-28-29-30-32-34-36-38-40-45-49-57-63-69-84(89)101-80(73-95-82(87)67-61-55-48-44-39-37-35-33-31-27-25-23-21-19-17-15-13-11-8-2)75-99-103(91,92)97-71-79(86)72-98-104(93,94)100-76-81(74-96-83(88)68-62-56-52-51-54-60-66-78(6)9-3)102-85(90)70-64-58-50-46-42-41-43-47-53-59-65-77(4)5/h77-81,86H,7-76H2,1-6H3,(H,91,92)(H,93,94)/t78?,79-,80-,81-/m1/s1. The average molecular weight is 1520 g/mol. The Kier molecular flexibility index (Phi) is 75.0. The van der Waals surface area contributed by atoms with Crippen molar-refractivity contribution in [2.24, 2.45) is 11.8 Å². The number of esters is 4. The summed E-state index contributed by atoms with van der Waals surface area (Å²) in [7, 11) is -9.92. The summed E-state index contributed by atoms with van der Waals surface area (Å²) in [5.74, 6) is -0.625. The number of ether oxygens (including phenoxy) is 4. The molecule has 0 saturated heterocycles. The molecule has 3 N–H and O–H groups in total. The first kappa shape index (κ1) is 102. The van der Waals surface area contributed by atoms with Gasteiger partial charge in [-0.3, -0.25) is 37.3 Å². The van der Waals surface area contributed by atoms with Crippen molar-refractivity contribution in [3.63, 3.8) is 0 Å². The molecule has 0 saturated carbocycles. The van der Waals surface area contributed by atoms with Gasteiger partial charge in [0.25, 0.3) is 0 Å². The first-order valence-corrected chi connectivity index (χ1v) is 47.0. The van der Waals surface area contributed by atoms with Crippen molar-refractivity contribution in [3.05, 3.63) is 0 Å². The van der Waals surface area contributed by atoms with Crippen LogP contribution in [0.15, 0.2) is 0 Å². The fraction of sp³-hybridized carbons (Fsp3) is 0.953. The van der Waals surface area contributed by atoms with Gasteiger partial charge in [0.15, 0.2) is 12.2 Å². The molecule has 0 amide bonds. The highest BCUT2D eigenvalue weighted by molar-refractivity contribution is 7.47. The highest BCUT2D eigenvalue weighted by Crippen LogP contribution is 2.45. The Labute approximate surface area is 638 Å². The number of phosphoric ester groups is 2. The van der Waals surface area contributed by atoms with Gasteiger partial charge < -0.3 is 33.8 Å². The maximum absolute atomic E-state index is 13.1. The molecule has 3 unspecified atom stereocenters. The molecule has 0 aliphatic rings. The van der Waals surface area contributed by atoms with Gasteiger partial charge >= 0.3 is 39.5 Å². The fourth-order valence-corrected chi connectivity index (χ4v) is 14.8. The second-order valence-electron chi connectivity index (χ2n) is 31.3. The van der Waals surface area contributed by atoms with Crippen LogP contribution in [-0.4, -0.2) is 96.7 Å². The number of aliphatic hydroxyl groups is 1. The molecule has 104 heavy (non-hydrogen) atoms. The molecule has 0 aromatic heterocycles. The van der Waals surface area contributed by atoms with Gasteiger partial charge in [0.05, 0.1) is 26.4 Å². The Morgan fingerprint density at radius 2 is 0.490 bits per heavy atom. The van der Waals surface area contributed by atoms with Crippen molar-refractivity contribution in [2.45, 2.75) is 471 Å². The van der Waals surface area contributed by atoms with Crippen LogP contribution < -0.4 is 0 Å². The van der Waals surface area contributed by atoms with Crippen molar-refractivity contribution in [2.75, 3.05) is 39.6 Å². The van der Waals surface area contributed by atoms with Crippen molar-refractivity contribution in [1.82, 2.24) is 0 Å². The first-order chi connectivity index (χ1) is 50.4. The van der Waals surface area contributed by atoms with Crippen LogP contribution in [0.1, 0.15) is 452 Å². The molecule has 0 spiro atoms. The molecule has 0 aromatic rings. The Bertz CT molecular complexity index is 2000. The Hall–Kier alpha value is -1.94. The zero-order chi connectivity index (χ0) is 76.4. The van der Waals surface area contributed by atoms with E-state index < -0.39 is 97.5 Å². The van der Waals surface area contributed by atoms with Gasteiger partial charge in [-0.1, -0.05) is 401 Å². The van der Waals surface area contributed by atoms with E-state index in [4.69, 9.17) is 37.0 Å². The SMILES string of the molecule is CCCCCCCCCCCCCCCCCCCCCCCCC(=O)O[C@H](COC(=O)CCCCCCCCCCCCCCCCCCCCC)COP(=O)(O)OC[C@@H](O)COP(=O)(O)OC[C@@H](COC(=O)CCCCCCCCC(C)CC)OC(=O)CCCCCCCCCCCCC(C)C. The normalized spacial score (nSPS) is 14.1. The van der Waals surface area contributed by atoms with Gasteiger partial charge in [0, 0.05) is 25.7 Å². The van der Waals surface area contributed by atoms with Crippen LogP contribution in [0, 0.1) is 11.8 Å². The number of rotatable bonds is 84.